The van der Waals surface area contributed by atoms with Crippen molar-refractivity contribution in [2.45, 2.75) is 6.18 Å². The fourth-order valence-electron chi connectivity index (χ4n) is 1.51. The Balaban J connectivity index is 2.60. The van der Waals surface area contributed by atoms with Gasteiger partial charge in [0, 0.05) is 23.7 Å². The Bertz CT molecular complexity index is 713. The predicted molar refractivity (Wildman–Crippen MR) is 64.6 cm³/mol. The number of pyridine rings is 2. The van der Waals surface area contributed by atoms with Crippen LogP contribution in [0.4, 0.5) is 13.2 Å². The van der Waals surface area contributed by atoms with Gasteiger partial charge in [0.05, 0.1) is 11.1 Å². The zero-order chi connectivity index (χ0) is 14.0. The number of H-pyrrole nitrogens is 1. The fraction of sp³-hybridized carbons (Fsp3) is 0.0833. The summed E-state index contributed by atoms with van der Waals surface area (Å²) in [5, 5.41) is 8.75. The molecule has 2 aromatic heterocycles. The zero-order valence-corrected chi connectivity index (χ0v) is 10.1. The van der Waals surface area contributed by atoms with Gasteiger partial charge in [-0.2, -0.15) is 18.4 Å². The van der Waals surface area contributed by atoms with Gasteiger partial charge in [-0.05, 0) is 18.2 Å². The topological polar surface area (TPSA) is 52.5 Å². The average molecular weight is 281 g/mol. The molecule has 0 atom stereocenters. The summed E-state index contributed by atoms with van der Waals surface area (Å²) in [6.45, 7) is 0. The predicted octanol–water partition coefficient (Wildman–Crippen LogP) is 3.70. The molecule has 2 heterocycles. The second-order valence-corrected chi connectivity index (χ2v) is 4.16. The van der Waals surface area contributed by atoms with E-state index in [0.29, 0.717) is 5.56 Å². The van der Waals surface area contributed by atoms with E-state index >= 15 is 0 Å². The smallest absolute Gasteiger partial charge is 0.346 e. The molecule has 0 aliphatic rings. The first-order valence-electron chi connectivity index (χ1n) is 5.07. The second-order valence-electron chi connectivity index (χ2n) is 3.72. The van der Waals surface area contributed by atoms with Crippen molar-refractivity contribution < 1.29 is 13.2 Å². The van der Waals surface area contributed by atoms with Crippen LogP contribution in [0.1, 0.15) is 11.1 Å². The van der Waals surface area contributed by atoms with Crippen molar-refractivity contribution in [3.05, 3.63) is 46.4 Å². The Kier molecular flexibility index (Phi) is 3.36. The van der Waals surface area contributed by atoms with Gasteiger partial charge in [-0.1, -0.05) is 12.2 Å². The molecule has 0 saturated heterocycles. The van der Waals surface area contributed by atoms with E-state index in [1.54, 1.807) is 0 Å². The van der Waals surface area contributed by atoms with Crippen LogP contribution in [0, 0.1) is 16.0 Å². The normalized spacial score (nSPS) is 11.1. The summed E-state index contributed by atoms with van der Waals surface area (Å²) >= 11 is 4.78. The number of rotatable bonds is 1. The first-order chi connectivity index (χ1) is 8.90. The van der Waals surface area contributed by atoms with Gasteiger partial charge in [0.2, 0.25) is 0 Å². The molecule has 0 spiro atoms. The van der Waals surface area contributed by atoms with E-state index in [1.165, 1.54) is 18.5 Å². The lowest BCUT2D eigenvalue weighted by molar-refractivity contribution is -0.137. The molecule has 0 bridgehead atoms. The summed E-state index contributed by atoms with van der Waals surface area (Å²) in [6, 6.07) is 5.10. The van der Waals surface area contributed by atoms with Gasteiger partial charge in [0.1, 0.15) is 10.7 Å². The highest BCUT2D eigenvalue weighted by Gasteiger charge is 2.31. The molecule has 3 nitrogen and oxygen atoms in total. The van der Waals surface area contributed by atoms with E-state index < -0.39 is 11.7 Å². The lowest BCUT2D eigenvalue weighted by atomic mass is 10.1. The highest BCUT2D eigenvalue weighted by Crippen LogP contribution is 2.31. The monoisotopic (exact) mass is 281 g/mol. The third-order valence-corrected chi connectivity index (χ3v) is 2.57. The number of aromatic amines is 1. The minimum atomic E-state index is -4.47. The van der Waals surface area contributed by atoms with Crippen molar-refractivity contribution in [2.24, 2.45) is 0 Å². The van der Waals surface area contributed by atoms with Crippen molar-refractivity contribution in [3.8, 4) is 17.3 Å². The number of hydrogen-bond acceptors (Lipinski definition) is 3. The number of nitrogens with zero attached hydrogens (tertiary/aromatic N) is 2. The number of halogens is 3. The SMILES string of the molecule is N#Cc1cncc(-c2cc(C(F)(F)F)cc(=S)[nH]2)c1. The Morgan fingerprint density at radius 3 is 2.58 bits per heavy atom. The Hall–Kier alpha value is -2.20. The van der Waals surface area contributed by atoms with E-state index in [2.05, 4.69) is 9.97 Å². The van der Waals surface area contributed by atoms with Crippen LogP contribution in [-0.4, -0.2) is 9.97 Å². The standard InChI is InChI=1S/C12H6F3N3S/c13-12(14,15)9-2-10(18-11(19)3-9)8-1-7(4-16)5-17-6-8/h1-3,5-6H,(H,18,19). The minimum absolute atomic E-state index is 0.0350. The molecule has 0 radical (unpaired) electrons. The lowest BCUT2D eigenvalue weighted by Crippen LogP contribution is -2.05. The van der Waals surface area contributed by atoms with E-state index in [4.69, 9.17) is 17.5 Å². The summed E-state index contributed by atoms with van der Waals surface area (Å²) in [5.41, 5.74) is -0.0384. The van der Waals surface area contributed by atoms with Gasteiger partial charge in [-0.15, -0.1) is 0 Å². The van der Waals surface area contributed by atoms with Crippen molar-refractivity contribution in [1.29, 1.82) is 5.26 Å². The summed E-state index contributed by atoms with van der Waals surface area (Å²) in [5.74, 6) is 0. The van der Waals surface area contributed by atoms with Crippen LogP contribution in [0.3, 0.4) is 0 Å². The quantitative estimate of drug-likeness (QED) is 0.811. The van der Waals surface area contributed by atoms with Crippen LogP contribution in [0.15, 0.2) is 30.6 Å². The molecule has 19 heavy (non-hydrogen) atoms. The molecular weight excluding hydrogens is 275 g/mol. The first kappa shape index (κ1) is 13.2. The van der Waals surface area contributed by atoms with Crippen molar-refractivity contribution in [1.82, 2.24) is 9.97 Å². The van der Waals surface area contributed by atoms with Gasteiger partial charge >= 0.3 is 6.18 Å². The van der Waals surface area contributed by atoms with E-state index in [-0.39, 0.29) is 15.9 Å². The lowest BCUT2D eigenvalue weighted by Gasteiger charge is -2.09. The van der Waals surface area contributed by atoms with Gasteiger partial charge in [-0.3, -0.25) is 4.98 Å². The fourth-order valence-corrected chi connectivity index (χ4v) is 1.75. The molecular formula is C12H6F3N3S. The van der Waals surface area contributed by atoms with Crippen LogP contribution in [-0.2, 0) is 6.18 Å². The molecule has 7 heteroatoms. The third kappa shape index (κ3) is 2.98. The van der Waals surface area contributed by atoms with Crippen LogP contribution >= 0.6 is 12.2 Å². The second kappa shape index (κ2) is 4.82. The van der Waals surface area contributed by atoms with Crippen molar-refractivity contribution in [3.63, 3.8) is 0 Å². The number of aromatic nitrogens is 2. The number of nitrogens with one attached hydrogen (secondary N) is 1. The van der Waals surface area contributed by atoms with Gasteiger partial charge < -0.3 is 4.98 Å². The van der Waals surface area contributed by atoms with Gasteiger partial charge in [0.25, 0.3) is 0 Å². The molecule has 0 aliphatic carbocycles. The van der Waals surface area contributed by atoms with Crippen LogP contribution in [0.5, 0.6) is 0 Å². The summed E-state index contributed by atoms with van der Waals surface area (Å²) in [6.07, 6.45) is -1.79. The van der Waals surface area contributed by atoms with Gasteiger partial charge in [-0.25, -0.2) is 0 Å². The first-order valence-corrected chi connectivity index (χ1v) is 5.48. The molecule has 2 aromatic rings. The third-order valence-electron chi connectivity index (χ3n) is 2.35. The summed E-state index contributed by atoms with van der Waals surface area (Å²) in [4.78, 5) is 6.45. The van der Waals surface area contributed by atoms with Crippen LogP contribution in [0.25, 0.3) is 11.3 Å². The van der Waals surface area contributed by atoms with E-state index in [1.807, 2.05) is 6.07 Å². The minimum Gasteiger partial charge on any atom is -0.346 e. The average Bonchev–Trinajstić information content (AvgIpc) is 2.37. The molecule has 0 aliphatic heterocycles. The van der Waals surface area contributed by atoms with Crippen LogP contribution in [0.2, 0.25) is 0 Å². The maximum atomic E-state index is 12.7. The number of alkyl halides is 3. The number of hydrogen-bond donors (Lipinski definition) is 1. The summed E-state index contributed by atoms with van der Waals surface area (Å²) in [7, 11) is 0. The highest BCUT2D eigenvalue weighted by atomic mass is 32.1. The Morgan fingerprint density at radius 2 is 1.95 bits per heavy atom. The maximum Gasteiger partial charge on any atom is 0.416 e. The van der Waals surface area contributed by atoms with Crippen molar-refractivity contribution in [2.75, 3.05) is 0 Å². The number of nitriles is 1. The molecule has 0 amide bonds. The van der Waals surface area contributed by atoms with E-state index in [9.17, 15) is 13.2 Å². The largest absolute Gasteiger partial charge is 0.416 e. The summed E-state index contributed by atoms with van der Waals surface area (Å²) < 4.78 is 38.0. The molecule has 1 N–H and O–H groups in total. The molecule has 0 unspecified atom stereocenters. The molecule has 0 saturated carbocycles. The molecule has 0 aromatic carbocycles. The highest BCUT2D eigenvalue weighted by molar-refractivity contribution is 7.71. The zero-order valence-electron chi connectivity index (χ0n) is 9.32. The Morgan fingerprint density at radius 1 is 1.21 bits per heavy atom. The Labute approximate surface area is 111 Å². The van der Waals surface area contributed by atoms with E-state index in [0.717, 1.165) is 12.1 Å². The molecule has 0 fully saturated rings. The van der Waals surface area contributed by atoms with Crippen LogP contribution < -0.4 is 0 Å². The molecule has 2 rings (SSSR count). The maximum absolute atomic E-state index is 12.7. The van der Waals surface area contributed by atoms with Crippen molar-refractivity contribution >= 4 is 12.2 Å². The molecule has 96 valence electrons. The van der Waals surface area contributed by atoms with Gasteiger partial charge in [0.15, 0.2) is 0 Å².